The summed E-state index contributed by atoms with van der Waals surface area (Å²) in [6.07, 6.45) is 5.45. The summed E-state index contributed by atoms with van der Waals surface area (Å²) in [5.74, 6) is 1.28. The largest absolute Gasteiger partial charge is 0.455 e. The number of aromatic nitrogens is 5. The summed E-state index contributed by atoms with van der Waals surface area (Å²) in [7, 11) is 3.41. The monoisotopic (exact) mass is 497 g/mol. The van der Waals surface area contributed by atoms with Gasteiger partial charge >= 0.3 is 0 Å². The van der Waals surface area contributed by atoms with Gasteiger partial charge in [-0.2, -0.15) is 5.10 Å². The lowest BCUT2D eigenvalue weighted by atomic mass is 10.0. The van der Waals surface area contributed by atoms with Crippen LogP contribution in [0.2, 0.25) is 0 Å². The molecule has 4 aromatic heterocycles. The fraction of sp³-hybridized carbons (Fsp3) is 0.276. The zero-order valence-corrected chi connectivity index (χ0v) is 22.2. The van der Waals surface area contributed by atoms with Crippen molar-refractivity contribution in [2.45, 2.75) is 40.7 Å². The van der Waals surface area contributed by atoms with Crippen LogP contribution in [0.3, 0.4) is 0 Å². The van der Waals surface area contributed by atoms with Gasteiger partial charge in [-0.1, -0.05) is 18.2 Å². The number of fused-ring (bicyclic) bond motifs is 1. The van der Waals surface area contributed by atoms with Crippen molar-refractivity contribution in [3.63, 3.8) is 0 Å². The summed E-state index contributed by atoms with van der Waals surface area (Å²) < 4.78 is 11.4. The zero-order chi connectivity index (χ0) is 26.6. The molecule has 8 nitrogen and oxygen atoms in total. The predicted molar refractivity (Wildman–Crippen MR) is 147 cm³/mol. The number of aryl methyl sites for hydroxylation is 5. The topological polar surface area (TPSA) is 86.8 Å². The fourth-order valence-corrected chi connectivity index (χ4v) is 4.67. The first kappa shape index (κ1) is 24.4. The van der Waals surface area contributed by atoms with Gasteiger partial charge in [0.2, 0.25) is 0 Å². The van der Waals surface area contributed by atoms with E-state index in [1.54, 1.807) is 32.6 Å². The van der Waals surface area contributed by atoms with Crippen LogP contribution in [0.15, 0.2) is 58.5 Å². The SMILES string of the molecule is Cc1cccc(C)c1Oc1cn(C)c(=O)cc1-c1cn(C)c(=O)c2[nH]c(-c3cn(C(C)C)nc3C)cc12. The Morgan fingerprint density at radius 1 is 0.892 bits per heavy atom. The van der Waals surface area contributed by atoms with Gasteiger partial charge in [-0.05, 0) is 51.8 Å². The van der Waals surface area contributed by atoms with E-state index >= 15 is 0 Å². The molecule has 37 heavy (non-hydrogen) atoms. The number of nitrogens with one attached hydrogen (secondary N) is 1. The summed E-state index contributed by atoms with van der Waals surface area (Å²) >= 11 is 0. The van der Waals surface area contributed by atoms with E-state index in [0.29, 0.717) is 16.8 Å². The van der Waals surface area contributed by atoms with Crippen LogP contribution in [-0.4, -0.2) is 23.9 Å². The van der Waals surface area contributed by atoms with Crippen LogP contribution in [-0.2, 0) is 14.1 Å². The minimum absolute atomic E-state index is 0.153. The summed E-state index contributed by atoms with van der Waals surface area (Å²) in [5, 5.41) is 5.34. The first-order valence-electron chi connectivity index (χ1n) is 12.3. The molecule has 0 unspecified atom stereocenters. The molecule has 0 amide bonds. The fourth-order valence-electron chi connectivity index (χ4n) is 4.67. The molecule has 0 aliphatic rings. The molecule has 0 fully saturated rings. The van der Waals surface area contributed by atoms with E-state index in [1.807, 2.05) is 55.9 Å². The van der Waals surface area contributed by atoms with Gasteiger partial charge in [0.1, 0.15) is 11.3 Å². The highest BCUT2D eigenvalue weighted by molar-refractivity contribution is 5.98. The number of pyridine rings is 2. The maximum Gasteiger partial charge on any atom is 0.274 e. The molecular formula is C29H31N5O3. The standard InChI is InChI=1S/C29H31N5O3/c1-16(2)34-14-22(19(5)31-34)24-11-21-23(13-33(7)29(36)27(21)30-24)20-12-26(35)32(6)15-25(20)37-28-17(3)9-8-10-18(28)4/h8-16,30H,1-7H3. The van der Waals surface area contributed by atoms with Crippen LogP contribution in [0.5, 0.6) is 11.5 Å². The number of aromatic amines is 1. The normalized spacial score (nSPS) is 11.6. The number of para-hydroxylation sites is 1. The Morgan fingerprint density at radius 2 is 1.59 bits per heavy atom. The van der Waals surface area contributed by atoms with Crippen LogP contribution in [0, 0.1) is 20.8 Å². The van der Waals surface area contributed by atoms with E-state index in [4.69, 9.17) is 4.74 Å². The van der Waals surface area contributed by atoms with Gasteiger partial charge in [-0.3, -0.25) is 14.3 Å². The van der Waals surface area contributed by atoms with Crippen molar-refractivity contribution in [1.29, 1.82) is 0 Å². The molecule has 0 aliphatic heterocycles. The van der Waals surface area contributed by atoms with Crippen molar-refractivity contribution < 1.29 is 4.74 Å². The molecule has 1 N–H and O–H groups in total. The molecule has 0 aliphatic carbocycles. The van der Waals surface area contributed by atoms with Crippen LogP contribution >= 0.6 is 0 Å². The maximum absolute atomic E-state index is 13.2. The number of rotatable bonds is 5. The summed E-state index contributed by atoms with van der Waals surface area (Å²) in [6, 6.07) is 9.71. The Labute approximate surface area is 214 Å². The molecule has 8 heteroatoms. The summed E-state index contributed by atoms with van der Waals surface area (Å²) in [5.41, 5.74) is 6.06. The molecule has 5 aromatic rings. The average molecular weight is 498 g/mol. The molecule has 0 saturated carbocycles. The summed E-state index contributed by atoms with van der Waals surface area (Å²) in [4.78, 5) is 29.3. The Kier molecular flexibility index (Phi) is 5.90. The van der Waals surface area contributed by atoms with Gasteiger partial charge in [-0.15, -0.1) is 0 Å². The molecule has 190 valence electrons. The first-order valence-corrected chi connectivity index (χ1v) is 12.3. The van der Waals surface area contributed by atoms with E-state index in [9.17, 15) is 9.59 Å². The predicted octanol–water partition coefficient (Wildman–Crippen LogP) is 5.39. The molecule has 5 rings (SSSR count). The Bertz CT molecular complexity index is 1760. The van der Waals surface area contributed by atoms with E-state index < -0.39 is 0 Å². The third kappa shape index (κ3) is 4.18. The number of ether oxygens (including phenoxy) is 1. The number of H-pyrrole nitrogens is 1. The third-order valence-corrected chi connectivity index (χ3v) is 6.80. The molecule has 0 bridgehead atoms. The third-order valence-electron chi connectivity index (χ3n) is 6.80. The van der Waals surface area contributed by atoms with E-state index in [-0.39, 0.29) is 17.2 Å². The first-order chi connectivity index (χ1) is 17.5. The molecule has 0 saturated heterocycles. The maximum atomic E-state index is 13.2. The van der Waals surface area contributed by atoms with Crippen molar-refractivity contribution in [3.8, 4) is 33.9 Å². The number of hydrogen-bond acceptors (Lipinski definition) is 4. The Hall–Kier alpha value is -4.33. The molecule has 0 atom stereocenters. The van der Waals surface area contributed by atoms with Gasteiger partial charge in [0, 0.05) is 60.7 Å². The lowest BCUT2D eigenvalue weighted by Crippen LogP contribution is -2.18. The van der Waals surface area contributed by atoms with Crippen molar-refractivity contribution >= 4 is 10.9 Å². The summed E-state index contributed by atoms with van der Waals surface area (Å²) in [6.45, 7) is 10.1. The number of benzene rings is 1. The van der Waals surface area contributed by atoms with Gasteiger partial charge < -0.3 is 18.9 Å². The smallest absolute Gasteiger partial charge is 0.274 e. The Morgan fingerprint density at radius 3 is 2.24 bits per heavy atom. The highest BCUT2D eigenvalue weighted by Crippen LogP contribution is 2.38. The van der Waals surface area contributed by atoms with Crippen molar-refractivity contribution in [1.82, 2.24) is 23.9 Å². The highest BCUT2D eigenvalue weighted by atomic mass is 16.5. The second-order valence-electron chi connectivity index (χ2n) is 9.96. The quantitative estimate of drug-likeness (QED) is 0.353. The second kappa shape index (κ2) is 8.96. The van der Waals surface area contributed by atoms with Crippen molar-refractivity contribution in [3.05, 3.63) is 86.5 Å². The van der Waals surface area contributed by atoms with Crippen LogP contribution in [0.1, 0.15) is 36.7 Å². The number of nitrogens with zero attached hydrogens (tertiary/aromatic N) is 4. The molecule has 0 radical (unpaired) electrons. The van der Waals surface area contributed by atoms with E-state index in [0.717, 1.165) is 44.8 Å². The van der Waals surface area contributed by atoms with E-state index in [2.05, 4.69) is 23.9 Å². The van der Waals surface area contributed by atoms with Gasteiger partial charge in [0.25, 0.3) is 11.1 Å². The van der Waals surface area contributed by atoms with Crippen LogP contribution < -0.4 is 15.9 Å². The van der Waals surface area contributed by atoms with Gasteiger partial charge in [-0.25, -0.2) is 0 Å². The van der Waals surface area contributed by atoms with Crippen molar-refractivity contribution in [2.75, 3.05) is 0 Å². The molecule has 0 spiro atoms. The van der Waals surface area contributed by atoms with Crippen LogP contribution in [0.25, 0.3) is 33.3 Å². The zero-order valence-electron chi connectivity index (χ0n) is 22.2. The Balaban J connectivity index is 1.76. The average Bonchev–Trinajstić information content (AvgIpc) is 3.45. The molecule has 4 heterocycles. The lowest BCUT2D eigenvalue weighted by Gasteiger charge is -2.17. The second-order valence-corrected chi connectivity index (χ2v) is 9.96. The minimum atomic E-state index is -0.171. The van der Waals surface area contributed by atoms with Crippen molar-refractivity contribution in [2.24, 2.45) is 14.1 Å². The highest BCUT2D eigenvalue weighted by Gasteiger charge is 2.20. The van der Waals surface area contributed by atoms with Gasteiger partial charge in [0.15, 0.2) is 5.75 Å². The van der Waals surface area contributed by atoms with Crippen LogP contribution in [0.4, 0.5) is 0 Å². The minimum Gasteiger partial charge on any atom is -0.455 e. The number of hydrogen-bond donors (Lipinski definition) is 1. The lowest BCUT2D eigenvalue weighted by molar-refractivity contribution is 0.470. The molecular weight excluding hydrogens is 466 g/mol. The van der Waals surface area contributed by atoms with Gasteiger partial charge in [0.05, 0.1) is 17.6 Å². The van der Waals surface area contributed by atoms with E-state index in [1.165, 1.54) is 9.13 Å². The molecule has 1 aromatic carbocycles.